The van der Waals surface area contributed by atoms with E-state index in [2.05, 4.69) is 24.0 Å². The van der Waals surface area contributed by atoms with E-state index in [1.165, 1.54) is 5.56 Å². The van der Waals surface area contributed by atoms with Crippen LogP contribution in [0.3, 0.4) is 0 Å². The van der Waals surface area contributed by atoms with Crippen molar-refractivity contribution >= 4 is 16.9 Å². The van der Waals surface area contributed by atoms with Gasteiger partial charge in [-0.3, -0.25) is 4.79 Å². The molecule has 28 heavy (non-hydrogen) atoms. The largest absolute Gasteiger partial charge is 0.493 e. The van der Waals surface area contributed by atoms with Crippen molar-refractivity contribution in [3.8, 4) is 22.8 Å². The van der Waals surface area contributed by atoms with Crippen LogP contribution in [0.25, 0.3) is 22.2 Å². The van der Waals surface area contributed by atoms with Crippen molar-refractivity contribution in [2.24, 2.45) is 0 Å². The van der Waals surface area contributed by atoms with Crippen molar-refractivity contribution in [1.82, 2.24) is 4.98 Å². The number of aryl methyl sites for hydroxylation is 1. The van der Waals surface area contributed by atoms with Crippen molar-refractivity contribution in [2.45, 2.75) is 39.5 Å². The highest BCUT2D eigenvalue weighted by molar-refractivity contribution is 5.94. The standard InChI is InChI=1S/C23H27NO4/c1-4-6-7-15-8-10-19-17(12-15)18(14-22(25)26)23(24-19)16-9-11-20(28-5-2)21(13-16)27-3/h8-13,24H,4-7,14H2,1-3H3,(H,25,26). The van der Waals surface area contributed by atoms with E-state index in [1.54, 1.807) is 7.11 Å². The van der Waals surface area contributed by atoms with Gasteiger partial charge < -0.3 is 19.6 Å². The van der Waals surface area contributed by atoms with Gasteiger partial charge in [0.1, 0.15) is 0 Å². The molecule has 148 valence electrons. The zero-order chi connectivity index (χ0) is 20.1. The van der Waals surface area contributed by atoms with Crippen LogP contribution in [-0.2, 0) is 17.6 Å². The van der Waals surface area contributed by atoms with Gasteiger partial charge >= 0.3 is 5.97 Å². The molecule has 0 unspecified atom stereocenters. The summed E-state index contributed by atoms with van der Waals surface area (Å²) in [6.45, 7) is 4.64. The summed E-state index contributed by atoms with van der Waals surface area (Å²) in [5.41, 5.74) is 4.66. The number of H-pyrrole nitrogens is 1. The minimum atomic E-state index is -0.848. The third-order valence-electron chi connectivity index (χ3n) is 4.87. The number of carboxylic acids is 1. The second-order valence-corrected chi connectivity index (χ2v) is 6.83. The first-order valence-corrected chi connectivity index (χ1v) is 9.73. The zero-order valence-electron chi connectivity index (χ0n) is 16.7. The molecule has 2 N–H and O–H groups in total. The van der Waals surface area contributed by atoms with Gasteiger partial charge in [-0.25, -0.2) is 0 Å². The SMILES string of the molecule is CCCCc1ccc2[nH]c(-c3ccc(OCC)c(OC)c3)c(CC(=O)O)c2c1. The molecule has 0 amide bonds. The van der Waals surface area contributed by atoms with Gasteiger partial charge in [0.05, 0.1) is 25.8 Å². The fraction of sp³-hybridized carbons (Fsp3) is 0.348. The van der Waals surface area contributed by atoms with Crippen molar-refractivity contribution in [1.29, 1.82) is 0 Å². The first-order valence-electron chi connectivity index (χ1n) is 9.73. The van der Waals surface area contributed by atoms with Crippen LogP contribution in [0.4, 0.5) is 0 Å². The van der Waals surface area contributed by atoms with E-state index in [0.717, 1.165) is 47.0 Å². The van der Waals surface area contributed by atoms with Gasteiger partial charge in [0, 0.05) is 16.5 Å². The monoisotopic (exact) mass is 381 g/mol. The Hall–Kier alpha value is -2.95. The van der Waals surface area contributed by atoms with Crippen molar-refractivity contribution in [3.63, 3.8) is 0 Å². The molecule has 0 aliphatic heterocycles. The summed E-state index contributed by atoms with van der Waals surface area (Å²) in [5.74, 6) is 0.452. The van der Waals surface area contributed by atoms with E-state index in [9.17, 15) is 9.90 Å². The minimum Gasteiger partial charge on any atom is -0.493 e. The molecule has 1 heterocycles. The number of carboxylic acid groups (broad SMARTS) is 1. The summed E-state index contributed by atoms with van der Waals surface area (Å²) in [5, 5.41) is 10.5. The highest BCUT2D eigenvalue weighted by Crippen LogP contribution is 2.36. The molecule has 1 aromatic heterocycles. The van der Waals surface area contributed by atoms with Crippen LogP contribution in [0.5, 0.6) is 11.5 Å². The van der Waals surface area contributed by atoms with Gasteiger partial charge in [-0.2, -0.15) is 0 Å². The Morgan fingerprint density at radius 2 is 1.93 bits per heavy atom. The normalized spacial score (nSPS) is 11.0. The van der Waals surface area contributed by atoms with Gasteiger partial charge in [0.25, 0.3) is 0 Å². The number of aromatic nitrogens is 1. The number of methoxy groups -OCH3 is 1. The van der Waals surface area contributed by atoms with E-state index >= 15 is 0 Å². The molecule has 0 fully saturated rings. The average molecular weight is 381 g/mol. The van der Waals surface area contributed by atoms with Crippen LogP contribution in [-0.4, -0.2) is 29.8 Å². The van der Waals surface area contributed by atoms with Crippen molar-refractivity contribution in [2.75, 3.05) is 13.7 Å². The summed E-state index contributed by atoms with van der Waals surface area (Å²) in [7, 11) is 1.60. The Kier molecular flexibility index (Phi) is 6.24. The maximum absolute atomic E-state index is 11.6. The van der Waals surface area contributed by atoms with Crippen LogP contribution >= 0.6 is 0 Å². The van der Waals surface area contributed by atoms with Gasteiger partial charge in [-0.1, -0.05) is 19.4 Å². The summed E-state index contributed by atoms with van der Waals surface area (Å²) >= 11 is 0. The number of unbranched alkanes of at least 4 members (excludes halogenated alkanes) is 1. The second kappa shape index (κ2) is 8.83. The number of aromatic amines is 1. The lowest BCUT2D eigenvalue weighted by atomic mass is 10.00. The molecule has 0 aliphatic rings. The molecular weight excluding hydrogens is 354 g/mol. The summed E-state index contributed by atoms with van der Waals surface area (Å²) in [4.78, 5) is 15.0. The Labute approximate surface area is 165 Å². The number of hydrogen-bond acceptors (Lipinski definition) is 3. The topological polar surface area (TPSA) is 71.5 Å². The highest BCUT2D eigenvalue weighted by atomic mass is 16.5. The highest BCUT2D eigenvalue weighted by Gasteiger charge is 2.18. The lowest BCUT2D eigenvalue weighted by Crippen LogP contribution is -2.01. The van der Waals surface area contributed by atoms with Crippen LogP contribution in [0.2, 0.25) is 0 Å². The molecule has 0 atom stereocenters. The van der Waals surface area contributed by atoms with Crippen LogP contribution in [0.15, 0.2) is 36.4 Å². The quantitative estimate of drug-likeness (QED) is 0.534. The molecule has 0 radical (unpaired) electrons. The number of ether oxygens (including phenoxy) is 2. The van der Waals surface area contributed by atoms with E-state index in [4.69, 9.17) is 9.47 Å². The Morgan fingerprint density at radius 3 is 2.61 bits per heavy atom. The number of aliphatic carboxylic acids is 1. The molecule has 0 spiro atoms. The third kappa shape index (κ3) is 4.14. The maximum atomic E-state index is 11.6. The first kappa shape index (κ1) is 19.8. The second-order valence-electron chi connectivity index (χ2n) is 6.83. The summed E-state index contributed by atoms with van der Waals surface area (Å²) in [6.07, 6.45) is 3.20. The van der Waals surface area contributed by atoms with Crippen molar-refractivity contribution < 1.29 is 19.4 Å². The first-order chi connectivity index (χ1) is 13.6. The van der Waals surface area contributed by atoms with Crippen LogP contribution in [0, 0.1) is 0 Å². The number of benzene rings is 2. The van der Waals surface area contributed by atoms with E-state index in [1.807, 2.05) is 31.2 Å². The fourth-order valence-corrected chi connectivity index (χ4v) is 3.51. The fourth-order valence-electron chi connectivity index (χ4n) is 3.51. The van der Waals surface area contributed by atoms with Crippen LogP contribution < -0.4 is 9.47 Å². The maximum Gasteiger partial charge on any atom is 0.307 e. The zero-order valence-corrected chi connectivity index (χ0v) is 16.7. The lowest BCUT2D eigenvalue weighted by molar-refractivity contribution is -0.136. The number of rotatable bonds is 9. The number of nitrogens with one attached hydrogen (secondary N) is 1. The van der Waals surface area contributed by atoms with Crippen molar-refractivity contribution in [3.05, 3.63) is 47.5 Å². The van der Waals surface area contributed by atoms with Gasteiger partial charge in [-0.15, -0.1) is 0 Å². The molecule has 2 aromatic carbocycles. The molecule has 5 nitrogen and oxygen atoms in total. The predicted octanol–water partition coefficient (Wildman–Crippen LogP) is 5.21. The van der Waals surface area contributed by atoms with E-state index in [0.29, 0.717) is 18.1 Å². The number of fused-ring (bicyclic) bond motifs is 1. The Bertz CT molecular complexity index is 974. The number of hydrogen-bond donors (Lipinski definition) is 2. The molecule has 0 bridgehead atoms. The summed E-state index contributed by atoms with van der Waals surface area (Å²) < 4.78 is 11.1. The molecule has 0 aliphatic carbocycles. The smallest absolute Gasteiger partial charge is 0.307 e. The molecule has 0 saturated carbocycles. The Balaban J connectivity index is 2.12. The average Bonchev–Trinajstić information content (AvgIpc) is 3.04. The third-order valence-corrected chi connectivity index (χ3v) is 4.87. The molecular formula is C23H27NO4. The minimum absolute atomic E-state index is 0.0396. The van der Waals surface area contributed by atoms with Gasteiger partial charge in [0.2, 0.25) is 0 Å². The van der Waals surface area contributed by atoms with Gasteiger partial charge in [-0.05, 0) is 61.2 Å². The number of carbonyl (C=O) groups is 1. The van der Waals surface area contributed by atoms with Crippen LogP contribution in [0.1, 0.15) is 37.8 Å². The molecule has 0 saturated heterocycles. The van der Waals surface area contributed by atoms with Gasteiger partial charge in [0.15, 0.2) is 11.5 Å². The molecule has 5 heteroatoms. The predicted molar refractivity (Wildman–Crippen MR) is 111 cm³/mol. The lowest BCUT2D eigenvalue weighted by Gasteiger charge is -2.11. The summed E-state index contributed by atoms with van der Waals surface area (Å²) in [6, 6.07) is 12.0. The van der Waals surface area contributed by atoms with E-state index < -0.39 is 5.97 Å². The molecule has 3 aromatic rings. The van der Waals surface area contributed by atoms with E-state index in [-0.39, 0.29) is 6.42 Å². The molecule has 3 rings (SSSR count). The Morgan fingerprint density at radius 1 is 1.11 bits per heavy atom.